The number of nitrogens with one attached hydrogen (secondary N) is 2. The third-order valence-electron chi connectivity index (χ3n) is 4.16. The third-order valence-corrected chi connectivity index (χ3v) is 4.16. The zero-order valence-electron chi connectivity index (χ0n) is 17.3. The lowest BCUT2D eigenvalue weighted by Crippen LogP contribution is -2.41. The van der Waals surface area contributed by atoms with Gasteiger partial charge in [-0.2, -0.15) is 5.01 Å². The van der Waals surface area contributed by atoms with Crippen molar-refractivity contribution in [1.29, 1.82) is 0 Å². The molecule has 0 bridgehead atoms. The highest BCUT2D eigenvalue weighted by Crippen LogP contribution is 2.23. The molecule has 1 aromatic carbocycles. The Morgan fingerprint density at radius 1 is 1.23 bits per heavy atom. The van der Waals surface area contributed by atoms with Gasteiger partial charge in [0, 0.05) is 18.7 Å². The number of nitrogens with zero attached hydrogens (tertiary/aromatic N) is 1. The minimum absolute atomic E-state index is 0.161. The Hall–Kier alpha value is -3.20. The number of ether oxygens (including phenoxy) is 1. The minimum Gasteiger partial charge on any atom is -0.483 e. The fourth-order valence-electron chi connectivity index (χ4n) is 2.60. The summed E-state index contributed by atoms with van der Waals surface area (Å²) < 4.78 is 5.55. The lowest BCUT2D eigenvalue weighted by molar-refractivity contribution is -0.123. The maximum Gasteiger partial charge on any atom is 0.283 e. The largest absolute Gasteiger partial charge is 0.483 e. The molecular formula is C21H30N4O5. The molecule has 0 aliphatic heterocycles. The van der Waals surface area contributed by atoms with Gasteiger partial charge in [-0.05, 0) is 50.8 Å². The summed E-state index contributed by atoms with van der Waals surface area (Å²) >= 11 is 0. The van der Waals surface area contributed by atoms with E-state index in [9.17, 15) is 19.2 Å². The quantitative estimate of drug-likeness (QED) is 0.222. The van der Waals surface area contributed by atoms with Gasteiger partial charge in [0.25, 0.3) is 11.8 Å². The van der Waals surface area contributed by atoms with E-state index >= 15 is 0 Å². The number of allylic oxidation sites excluding steroid dienone is 1. The summed E-state index contributed by atoms with van der Waals surface area (Å²) in [6.07, 6.45) is 4.06. The Labute approximate surface area is 176 Å². The Kier molecular flexibility index (Phi) is 11.5. The highest BCUT2D eigenvalue weighted by molar-refractivity contribution is 6.02. The first-order chi connectivity index (χ1) is 14.4. The Balaban J connectivity index is 2.80. The first kappa shape index (κ1) is 24.8. The molecule has 0 aromatic heterocycles. The SMILES string of the molecule is C=C(CCCC=O)NN(C=O)C(=O)c1c(C)cccc1OCC(=O)NCCCCN. The van der Waals surface area contributed by atoms with Crippen molar-refractivity contribution in [1.82, 2.24) is 15.8 Å². The normalized spacial score (nSPS) is 10.1. The molecule has 0 aliphatic rings. The number of aldehydes is 1. The van der Waals surface area contributed by atoms with E-state index in [1.165, 1.54) is 0 Å². The average molecular weight is 418 g/mol. The van der Waals surface area contributed by atoms with Gasteiger partial charge in [-0.1, -0.05) is 18.7 Å². The molecule has 1 rings (SSSR count). The summed E-state index contributed by atoms with van der Waals surface area (Å²) in [7, 11) is 0. The standard InChI is InChI=1S/C21H30N4O5/c1-16-8-7-10-18(30-14-19(28)23-12-5-4-11-22)20(16)21(29)25(15-27)24-17(2)9-3-6-13-26/h7-8,10,13,15,24H,2-6,9,11-12,14,22H2,1H3,(H,23,28). The summed E-state index contributed by atoms with van der Waals surface area (Å²) in [6, 6.07) is 4.95. The van der Waals surface area contributed by atoms with Crippen molar-refractivity contribution in [3.8, 4) is 5.75 Å². The number of aryl methyl sites for hydroxylation is 1. The van der Waals surface area contributed by atoms with Crippen LogP contribution in [0.2, 0.25) is 0 Å². The van der Waals surface area contributed by atoms with E-state index in [0.717, 1.165) is 24.1 Å². The van der Waals surface area contributed by atoms with Crippen molar-refractivity contribution in [2.45, 2.75) is 39.0 Å². The molecule has 0 unspecified atom stereocenters. The first-order valence-corrected chi connectivity index (χ1v) is 9.80. The zero-order valence-corrected chi connectivity index (χ0v) is 17.3. The Morgan fingerprint density at radius 3 is 2.67 bits per heavy atom. The number of benzene rings is 1. The second-order valence-electron chi connectivity index (χ2n) is 6.64. The van der Waals surface area contributed by atoms with Crippen molar-refractivity contribution >= 4 is 24.5 Å². The fraction of sp³-hybridized carbons (Fsp3) is 0.429. The van der Waals surface area contributed by atoms with Gasteiger partial charge in [-0.25, -0.2) is 0 Å². The number of imide groups is 1. The van der Waals surface area contributed by atoms with Gasteiger partial charge in [0.05, 0.1) is 5.56 Å². The smallest absolute Gasteiger partial charge is 0.283 e. The molecule has 0 spiro atoms. The fourth-order valence-corrected chi connectivity index (χ4v) is 2.60. The van der Waals surface area contributed by atoms with Gasteiger partial charge in [0.1, 0.15) is 12.0 Å². The van der Waals surface area contributed by atoms with Crippen molar-refractivity contribution < 1.29 is 23.9 Å². The number of hydrogen-bond acceptors (Lipinski definition) is 7. The first-order valence-electron chi connectivity index (χ1n) is 9.80. The molecule has 164 valence electrons. The molecule has 30 heavy (non-hydrogen) atoms. The van der Waals surface area contributed by atoms with Gasteiger partial charge in [-0.15, -0.1) is 0 Å². The van der Waals surface area contributed by atoms with Gasteiger partial charge < -0.3 is 20.6 Å². The van der Waals surface area contributed by atoms with Gasteiger partial charge in [0.15, 0.2) is 6.61 Å². The van der Waals surface area contributed by atoms with Crippen LogP contribution in [0, 0.1) is 6.92 Å². The molecule has 1 aromatic rings. The minimum atomic E-state index is -0.641. The second kappa shape index (κ2) is 13.9. The van der Waals surface area contributed by atoms with E-state index in [0.29, 0.717) is 50.0 Å². The third kappa shape index (κ3) is 8.44. The average Bonchev–Trinajstić information content (AvgIpc) is 2.73. The number of carbonyl (C=O) groups is 4. The van der Waals surface area contributed by atoms with Crippen LogP contribution in [-0.4, -0.2) is 49.2 Å². The molecule has 3 amide bonds. The zero-order chi connectivity index (χ0) is 22.4. The summed E-state index contributed by atoms with van der Waals surface area (Å²) in [5.41, 5.74) is 9.22. The molecule has 0 heterocycles. The topological polar surface area (TPSA) is 131 Å². The van der Waals surface area contributed by atoms with Crippen LogP contribution in [0.1, 0.15) is 48.0 Å². The van der Waals surface area contributed by atoms with Crippen LogP contribution in [-0.2, 0) is 14.4 Å². The Morgan fingerprint density at radius 2 is 2.00 bits per heavy atom. The van der Waals surface area contributed by atoms with E-state index < -0.39 is 5.91 Å². The lowest BCUT2D eigenvalue weighted by atomic mass is 10.1. The maximum atomic E-state index is 12.9. The number of hydrogen-bond donors (Lipinski definition) is 3. The summed E-state index contributed by atoms with van der Waals surface area (Å²) in [6.45, 7) is 6.26. The lowest BCUT2D eigenvalue weighted by Gasteiger charge is -2.21. The second-order valence-corrected chi connectivity index (χ2v) is 6.64. The molecule has 0 fully saturated rings. The summed E-state index contributed by atoms with van der Waals surface area (Å²) in [4.78, 5) is 46.7. The van der Waals surface area contributed by atoms with E-state index in [1.54, 1.807) is 25.1 Å². The molecule has 9 heteroatoms. The summed E-state index contributed by atoms with van der Waals surface area (Å²) in [5.74, 6) is -0.767. The number of rotatable bonds is 15. The highest BCUT2D eigenvalue weighted by atomic mass is 16.5. The molecule has 0 saturated carbocycles. The number of amides is 3. The van der Waals surface area contributed by atoms with Crippen LogP contribution in [0.3, 0.4) is 0 Å². The van der Waals surface area contributed by atoms with Crippen molar-refractivity contribution in [2.24, 2.45) is 5.73 Å². The number of nitrogens with two attached hydrogens (primary N) is 1. The predicted molar refractivity (Wildman–Crippen MR) is 112 cm³/mol. The molecule has 0 saturated heterocycles. The van der Waals surface area contributed by atoms with Crippen LogP contribution >= 0.6 is 0 Å². The van der Waals surface area contributed by atoms with Crippen LogP contribution in [0.15, 0.2) is 30.5 Å². The number of hydrazine groups is 1. The molecule has 0 aliphatic carbocycles. The maximum absolute atomic E-state index is 12.9. The van der Waals surface area contributed by atoms with Crippen molar-refractivity contribution in [2.75, 3.05) is 19.7 Å². The monoisotopic (exact) mass is 418 g/mol. The molecule has 9 nitrogen and oxygen atoms in total. The number of carbonyl (C=O) groups excluding carboxylic acids is 4. The molecular weight excluding hydrogens is 388 g/mol. The highest BCUT2D eigenvalue weighted by Gasteiger charge is 2.22. The molecule has 4 N–H and O–H groups in total. The van der Waals surface area contributed by atoms with Crippen molar-refractivity contribution in [3.63, 3.8) is 0 Å². The number of unbranched alkanes of at least 4 members (excludes halogenated alkanes) is 2. The van der Waals surface area contributed by atoms with Crippen LogP contribution in [0.5, 0.6) is 5.75 Å². The molecule has 0 atom stereocenters. The van der Waals surface area contributed by atoms with Crippen molar-refractivity contribution in [3.05, 3.63) is 41.6 Å². The summed E-state index contributed by atoms with van der Waals surface area (Å²) in [5, 5.41) is 3.48. The van der Waals surface area contributed by atoms with E-state index in [-0.39, 0.29) is 23.8 Å². The van der Waals surface area contributed by atoms with Gasteiger partial charge >= 0.3 is 0 Å². The van der Waals surface area contributed by atoms with Crippen LogP contribution < -0.4 is 21.2 Å². The predicted octanol–water partition coefficient (Wildman–Crippen LogP) is 1.22. The van der Waals surface area contributed by atoms with Gasteiger partial charge in [-0.3, -0.25) is 19.8 Å². The van der Waals surface area contributed by atoms with E-state index in [4.69, 9.17) is 10.5 Å². The molecule has 0 radical (unpaired) electrons. The Bertz CT molecular complexity index is 751. The van der Waals surface area contributed by atoms with E-state index in [2.05, 4.69) is 17.3 Å². The van der Waals surface area contributed by atoms with Crippen LogP contribution in [0.4, 0.5) is 0 Å². The van der Waals surface area contributed by atoms with Gasteiger partial charge in [0.2, 0.25) is 6.41 Å². The van der Waals surface area contributed by atoms with E-state index in [1.807, 2.05) is 0 Å². The van der Waals surface area contributed by atoms with Crippen LogP contribution in [0.25, 0.3) is 0 Å².